The number of nitrogens with zero attached hydrogens (tertiary/aromatic N) is 2. The summed E-state index contributed by atoms with van der Waals surface area (Å²) < 4.78 is 17.9. The maximum atomic E-state index is 10.7. The summed E-state index contributed by atoms with van der Waals surface area (Å²) in [6.45, 7) is 0. The van der Waals surface area contributed by atoms with Gasteiger partial charge in [0, 0.05) is 17.7 Å². The van der Waals surface area contributed by atoms with Crippen molar-refractivity contribution >= 4 is 0 Å². The van der Waals surface area contributed by atoms with E-state index < -0.39 is 0 Å². The highest BCUT2D eigenvalue weighted by atomic mass is 16.5. The highest BCUT2D eigenvalue weighted by Crippen LogP contribution is 2.42. The first-order valence-corrected chi connectivity index (χ1v) is 9.40. The minimum Gasteiger partial charge on any atom is -0.507 e. The van der Waals surface area contributed by atoms with Crippen molar-refractivity contribution in [3.8, 4) is 51.2 Å². The maximum absolute atomic E-state index is 10.7. The monoisotopic (exact) mass is 402 g/mol. The second-order valence-electron chi connectivity index (χ2n) is 6.61. The first kappa shape index (κ1) is 19.4. The molecule has 0 atom stereocenters. The number of methoxy groups -OCH3 is 3. The van der Waals surface area contributed by atoms with Crippen LogP contribution in [0.3, 0.4) is 0 Å². The lowest BCUT2D eigenvalue weighted by atomic mass is 10.1. The molecule has 3 aromatic carbocycles. The lowest BCUT2D eigenvalue weighted by Gasteiger charge is -2.11. The van der Waals surface area contributed by atoms with E-state index in [0.717, 1.165) is 22.7 Å². The number of phenols is 1. The Morgan fingerprint density at radius 2 is 1.47 bits per heavy atom. The highest BCUT2D eigenvalue weighted by Gasteiger charge is 2.20. The number of para-hydroxylation sites is 1. The van der Waals surface area contributed by atoms with Crippen LogP contribution in [0, 0.1) is 0 Å². The molecule has 4 rings (SSSR count). The van der Waals surface area contributed by atoms with Crippen molar-refractivity contribution in [2.45, 2.75) is 0 Å². The smallest absolute Gasteiger partial charge is 0.135 e. The molecule has 1 N–H and O–H groups in total. The molecule has 4 aromatic rings. The first-order valence-electron chi connectivity index (χ1n) is 9.40. The van der Waals surface area contributed by atoms with Gasteiger partial charge in [-0.25, -0.2) is 4.68 Å². The minimum absolute atomic E-state index is 0.0326. The van der Waals surface area contributed by atoms with E-state index in [-0.39, 0.29) is 5.75 Å². The summed E-state index contributed by atoms with van der Waals surface area (Å²) in [5, 5.41) is 15.5. The SMILES string of the molecule is COc1ccc(-c2cc(-c3c(O)cc(OC)cc3OC)nn2-c2ccccc2)cc1. The van der Waals surface area contributed by atoms with Crippen molar-refractivity contribution in [3.63, 3.8) is 0 Å². The van der Waals surface area contributed by atoms with E-state index in [9.17, 15) is 5.11 Å². The number of hydrogen-bond donors (Lipinski definition) is 1. The van der Waals surface area contributed by atoms with Gasteiger partial charge in [-0.2, -0.15) is 5.10 Å². The van der Waals surface area contributed by atoms with E-state index in [4.69, 9.17) is 19.3 Å². The molecule has 30 heavy (non-hydrogen) atoms. The molecule has 0 aliphatic heterocycles. The van der Waals surface area contributed by atoms with Gasteiger partial charge < -0.3 is 19.3 Å². The van der Waals surface area contributed by atoms with Crippen molar-refractivity contribution in [1.82, 2.24) is 9.78 Å². The molecule has 0 bridgehead atoms. The summed E-state index contributed by atoms with van der Waals surface area (Å²) in [4.78, 5) is 0. The molecule has 0 saturated heterocycles. The standard InChI is InChI=1S/C24H22N2O4/c1-28-18-11-9-16(10-12-18)21-15-20(25-26(21)17-7-5-4-6-8-17)24-22(27)13-19(29-2)14-23(24)30-3/h4-15,27H,1-3H3. The second-order valence-corrected chi connectivity index (χ2v) is 6.61. The summed E-state index contributed by atoms with van der Waals surface area (Å²) in [5.74, 6) is 1.79. The molecule has 0 unspecified atom stereocenters. The minimum atomic E-state index is 0.0326. The van der Waals surface area contributed by atoms with E-state index in [1.165, 1.54) is 0 Å². The summed E-state index contributed by atoms with van der Waals surface area (Å²) in [7, 11) is 4.73. The van der Waals surface area contributed by atoms with Gasteiger partial charge in [-0.15, -0.1) is 0 Å². The average Bonchev–Trinajstić information content (AvgIpc) is 3.23. The molecular weight excluding hydrogens is 380 g/mol. The van der Waals surface area contributed by atoms with Crippen molar-refractivity contribution in [2.24, 2.45) is 0 Å². The maximum Gasteiger partial charge on any atom is 0.135 e. The Morgan fingerprint density at radius 3 is 2.10 bits per heavy atom. The molecule has 0 amide bonds. The molecule has 0 saturated carbocycles. The normalized spacial score (nSPS) is 10.6. The van der Waals surface area contributed by atoms with Gasteiger partial charge in [-0.05, 0) is 42.5 Å². The van der Waals surface area contributed by atoms with Crippen molar-refractivity contribution in [3.05, 3.63) is 72.8 Å². The second kappa shape index (κ2) is 8.21. The zero-order valence-corrected chi connectivity index (χ0v) is 17.0. The third-order valence-corrected chi connectivity index (χ3v) is 4.86. The molecule has 152 valence electrons. The zero-order valence-electron chi connectivity index (χ0n) is 17.0. The van der Waals surface area contributed by atoms with Gasteiger partial charge >= 0.3 is 0 Å². The van der Waals surface area contributed by atoms with Crippen LogP contribution < -0.4 is 14.2 Å². The van der Waals surface area contributed by atoms with E-state index in [1.54, 1.807) is 33.5 Å². The first-order chi connectivity index (χ1) is 14.6. The number of phenolic OH excluding ortho intramolecular Hbond substituents is 1. The molecule has 0 fully saturated rings. The van der Waals surface area contributed by atoms with E-state index in [2.05, 4.69) is 0 Å². The fourth-order valence-corrected chi connectivity index (χ4v) is 3.35. The van der Waals surface area contributed by atoms with Gasteiger partial charge in [0.05, 0.1) is 38.3 Å². The van der Waals surface area contributed by atoms with Crippen LogP contribution in [0.25, 0.3) is 28.2 Å². The van der Waals surface area contributed by atoms with Crippen molar-refractivity contribution < 1.29 is 19.3 Å². The molecule has 6 nitrogen and oxygen atoms in total. The largest absolute Gasteiger partial charge is 0.507 e. The van der Waals surface area contributed by atoms with E-state index in [0.29, 0.717) is 22.8 Å². The van der Waals surface area contributed by atoms with Crippen LogP contribution >= 0.6 is 0 Å². The Bertz CT molecular complexity index is 1150. The van der Waals surface area contributed by atoms with Crippen LogP contribution in [0.5, 0.6) is 23.0 Å². The van der Waals surface area contributed by atoms with Gasteiger partial charge in [0.2, 0.25) is 0 Å². The van der Waals surface area contributed by atoms with Crippen molar-refractivity contribution in [1.29, 1.82) is 0 Å². The zero-order chi connectivity index (χ0) is 21.1. The summed E-state index contributed by atoms with van der Waals surface area (Å²) in [6.07, 6.45) is 0. The average molecular weight is 402 g/mol. The van der Waals surface area contributed by atoms with Crippen LogP contribution in [-0.4, -0.2) is 36.2 Å². The molecule has 0 spiro atoms. The number of aromatic nitrogens is 2. The molecule has 1 aromatic heterocycles. The third-order valence-electron chi connectivity index (χ3n) is 4.86. The summed E-state index contributed by atoms with van der Waals surface area (Å²) in [6, 6.07) is 22.8. The van der Waals surface area contributed by atoms with Gasteiger partial charge in [-0.3, -0.25) is 0 Å². The van der Waals surface area contributed by atoms with Crippen LogP contribution in [0.4, 0.5) is 0 Å². The molecule has 0 aliphatic rings. The van der Waals surface area contributed by atoms with Gasteiger partial charge in [0.1, 0.15) is 28.7 Å². The Balaban J connectivity index is 1.92. The predicted molar refractivity (Wildman–Crippen MR) is 116 cm³/mol. The Labute approximate surface area is 174 Å². The summed E-state index contributed by atoms with van der Waals surface area (Å²) in [5.41, 5.74) is 3.83. The fraction of sp³-hybridized carbons (Fsp3) is 0.125. The van der Waals surface area contributed by atoms with Crippen LogP contribution in [-0.2, 0) is 0 Å². The quantitative estimate of drug-likeness (QED) is 0.495. The predicted octanol–water partition coefficient (Wildman–Crippen LogP) is 4.94. The Hall–Kier alpha value is -3.93. The molecule has 6 heteroatoms. The van der Waals surface area contributed by atoms with E-state index >= 15 is 0 Å². The fourth-order valence-electron chi connectivity index (χ4n) is 3.35. The van der Waals surface area contributed by atoms with Crippen LogP contribution in [0.15, 0.2) is 72.8 Å². The molecule has 0 aliphatic carbocycles. The number of hydrogen-bond acceptors (Lipinski definition) is 5. The van der Waals surface area contributed by atoms with Gasteiger partial charge in [0.15, 0.2) is 0 Å². The number of rotatable bonds is 6. The number of benzene rings is 3. The Kier molecular flexibility index (Phi) is 5.30. The van der Waals surface area contributed by atoms with Crippen molar-refractivity contribution in [2.75, 3.05) is 21.3 Å². The van der Waals surface area contributed by atoms with E-state index in [1.807, 2.05) is 65.3 Å². The molecule has 0 radical (unpaired) electrons. The number of aromatic hydroxyl groups is 1. The molecular formula is C24H22N2O4. The lowest BCUT2D eigenvalue weighted by Crippen LogP contribution is -1.99. The summed E-state index contributed by atoms with van der Waals surface area (Å²) >= 11 is 0. The topological polar surface area (TPSA) is 65.7 Å². The third kappa shape index (κ3) is 3.55. The van der Waals surface area contributed by atoms with Crippen LogP contribution in [0.2, 0.25) is 0 Å². The highest BCUT2D eigenvalue weighted by molar-refractivity contribution is 5.79. The Morgan fingerprint density at radius 1 is 0.767 bits per heavy atom. The molecule has 1 heterocycles. The van der Waals surface area contributed by atoms with Gasteiger partial charge in [0.25, 0.3) is 0 Å². The lowest BCUT2D eigenvalue weighted by molar-refractivity contribution is 0.386. The van der Waals surface area contributed by atoms with Gasteiger partial charge in [-0.1, -0.05) is 18.2 Å². The van der Waals surface area contributed by atoms with Crippen LogP contribution in [0.1, 0.15) is 0 Å². The number of ether oxygens (including phenoxy) is 3.